The molecule has 1 aromatic carbocycles. The third kappa shape index (κ3) is 3.87. The molecule has 3 N–H and O–H groups in total. The Labute approximate surface area is 157 Å². The fraction of sp³-hybridized carbons (Fsp3) is 0.444. The molecule has 2 fully saturated rings. The molecule has 2 heterocycles. The van der Waals surface area contributed by atoms with Crippen molar-refractivity contribution in [2.45, 2.75) is 25.0 Å². The van der Waals surface area contributed by atoms with Crippen LogP contribution >= 0.6 is 23.7 Å². The second-order valence-electron chi connectivity index (χ2n) is 6.70. The number of hydrogen-bond acceptors (Lipinski definition) is 5. The minimum absolute atomic E-state index is 0. The van der Waals surface area contributed by atoms with Gasteiger partial charge in [0.2, 0.25) is 0 Å². The number of nitrogens with one attached hydrogen (secondary N) is 2. The fourth-order valence-electron chi connectivity index (χ4n) is 3.79. The molecule has 1 amide bonds. The second kappa shape index (κ2) is 7.83. The molecule has 1 aliphatic carbocycles. The minimum atomic E-state index is -0.470. The van der Waals surface area contributed by atoms with E-state index in [0.717, 1.165) is 36.5 Å². The molecule has 25 heavy (non-hydrogen) atoms. The lowest BCUT2D eigenvalue weighted by atomic mass is 9.77. The number of aromatic nitrogens is 1. The van der Waals surface area contributed by atoms with Gasteiger partial charge in [-0.25, -0.2) is 4.98 Å². The van der Waals surface area contributed by atoms with Crippen molar-refractivity contribution in [3.05, 3.63) is 41.4 Å². The smallest absolute Gasteiger partial charge is 0.271 e. The molecule has 0 radical (unpaired) electrons. The summed E-state index contributed by atoms with van der Waals surface area (Å²) in [5, 5.41) is 19.3. The van der Waals surface area contributed by atoms with Gasteiger partial charge < -0.3 is 15.7 Å². The van der Waals surface area contributed by atoms with Crippen molar-refractivity contribution < 1.29 is 9.90 Å². The summed E-state index contributed by atoms with van der Waals surface area (Å²) < 4.78 is 0. The van der Waals surface area contributed by atoms with E-state index in [4.69, 9.17) is 0 Å². The summed E-state index contributed by atoms with van der Waals surface area (Å²) in [5.74, 6) is 0.896. The Balaban J connectivity index is 0.00000182. The van der Waals surface area contributed by atoms with Crippen molar-refractivity contribution in [2.24, 2.45) is 11.8 Å². The van der Waals surface area contributed by atoms with Crippen molar-refractivity contribution in [2.75, 3.05) is 13.1 Å². The number of carbonyl (C=O) groups excluding carboxylic acids is 1. The summed E-state index contributed by atoms with van der Waals surface area (Å²) in [6.07, 6.45) is 1.12. The highest BCUT2D eigenvalue weighted by atomic mass is 35.5. The molecule has 0 unspecified atom stereocenters. The first-order chi connectivity index (χ1) is 11.7. The zero-order valence-electron chi connectivity index (χ0n) is 13.7. The van der Waals surface area contributed by atoms with Gasteiger partial charge in [0.25, 0.3) is 5.91 Å². The molecule has 5 nitrogen and oxygen atoms in total. The highest BCUT2D eigenvalue weighted by molar-refractivity contribution is 7.13. The van der Waals surface area contributed by atoms with Crippen molar-refractivity contribution >= 4 is 29.7 Å². The van der Waals surface area contributed by atoms with E-state index < -0.39 is 6.10 Å². The predicted octanol–water partition coefficient (Wildman–Crippen LogP) is 2.32. The van der Waals surface area contributed by atoms with Crippen LogP contribution < -0.4 is 10.6 Å². The van der Waals surface area contributed by atoms with Gasteiger partial charge in [0.15, 0.2) is 0 Å². The first-order valence-corrected chi connectivity index (χ1v) is 9.29. The molecule has 4 atom stereocenters. The van der Waals surface area contributed by atoms with Gasteiger partial charge in [-0.1, -0.05) is 30.3 Å². The third-order valence-electron chi connectivity index (χ3n) is 5.12. The Hall–Kier alpha value is -1.47. The summed E-state index contributed by atoms with van der Waals surface area (Å²) in [4.78, 5) is 17.0. The maximum absolute atomic E-state index is 12.5. The van der Waals surface area contributed by atoms with Gasteiger partial charge in [0.1, 0.15) is 10.7 Å². The molecule has 4 rings (SSSR count). The van der Waals surface area contributed by atoms with Crippen LogP contribution in [0.15, 0.2) is 35.7 Å². The normalized spacial score (nSPS) is 28.0. The quantitative estimate of drug-likeness (QED) is 0.765. The van der Waals surface area contributed by atoms with E-state index >= 15 is 0 Å². The molecule has 2 aliphatic rings. The van der Waals surface area contributed by atoms with Gasteiger partial charge in [-0.15, -0.1) is 23.7 Å². The van der Waals surface area contributed by atoms with Crippen LogP contribution in [0.4, 0.5) is 0 Å². The number of benzene rings is 1. The van der Waals surface area contributed by atoms with Gasteiger partial charge in [-0.05, 0) is 37.8 Å². The van der Waals surface area contributed by atoms with Crippen molar-refractivity contribution in [1.29, 1.82) is 0 Å². The maximum Gasteiger partial charge on any atom is 0.271 e. The molecule has 0 bridgehead atoms. The number of fused-ring (bicyclic) bond motifs is 1. The highest BCUT2D eigenvalue weighted by Crippen LogP contribution is 2.33. The Kier molecular flexibility index (Phi) is 5.74. The van der Waals surface area contributed by atoms with Crippen LogP contribution in [0.2, 0.25) is 0 Å². The number of aliphatic hydroxyl groups is 1. The lowest BCUT2D eigenvalue weighted by Gasteiger charge is -2.35. The summed E-state index contributed by atoms with van der Waals surface area (Å²) in [5.41, 5.74) is 1.44. The standard InChI is InChI=1S/C18H21N3O2S.ClH/c22-16-7-13-9-19-8-12(13)6-14(16)20-17(23)15-10-24-18(21-15)11-4-2-1-3-5-11;/h1-5,10,12-14,16,19,22H,6-9H2,(H,20,23);1H/t12-,13+,14-,16-;/m0./s1. The van der Waals surface area contributed by atoms with E-state index in [-0.39, 0.29) is 24.4 Å². The first-order valence-electron chi connectivity index (χ1n) is 8.41. The van der Waals surface area contributed by atoms with Crippen molar-refractivity contribution in [3.8, 4) is 10.6 Å². The number of thiazole rings is 1. The molecule has 0 spiro atoms. The summed E-state index contributed by atoms with van der Waals surface area (Å²) in [6, 6.07) is 9.67. The Morgan fingerprint density at radius 2 is 1.92 bits per heavy atom. The molecule has 1 saturated carbocycles. The fourth-order valence-corrected chi connectivity index (χ4v) is 4.59. The number of halogens is 1. The number of hydrogen-bond donors (Lipinski definition) is 3. The molecule has 7 heteroatoms. The van der Waals surface area contributed by atoms with Gasteiger partial charge in [-0.3, -0.25) is 4.79 Å². The molecule has 1 aromatic heterocycles. The van der Waals surface area contributed by atoms with Crippen molar-refractivity contribution in [1.82, 2.24) is 15.6 Å². The van der Waals surface area contributed by atoms with Crippen LogP contribution in [-0.2, 0) is 0 Å². The number of aliphatic hydroxyl groups excluding tert-OH is 1. The van der Waals surface area contributed by atoms with Crippen LogP contribution in [0.25, 0.3) is 10.6 Å². The molecular formula is C18H22ClN3O2S. The zero-order valence-corrected chi connectivity index (χ0v) is 15.4. The number of amides is 1. The van der Waals surface area contributed by atoms with Crippen LogP contribution in [0.3, 0.4) is 0 Å². The van der Waals surface area contributed by atoms with Crippen LogP contribution in [0.1, 0.15) is 23.3 Å². The first kappa shape index (κ1) is 18.3. The van der Waals surface area contributed by atoms with Crippen LogP contribution in [-0.4, -0.2) is 41.2 Å². The zero-order chi connectivity index (χ0) is 16.5. The van der Waals surface area contributed by atoms with E-state index in [9.17, 15) is 9.90 Å². The van der Waals surface area contributed by atoms with E-state index in [1.165, 1.54) is 11.3 Å². The van der Waals surface area contributed by atoms with Crippen LogP contribution in [0, 0.1) is 11.8 Å². The van der Waals surface area contributed by atoms with E-state index in [2.05, 4.69) is 15.6 Å². The second-order valence-corrected chi connectivity index (χ2v) is 7.56. The maximum atomic E-state index is 12.5. The molecular weight excluding hydrogens is 358 g/mol. The number of nitrogens with zero attached hydrogens (tertiary/aromatic N) is 1. The average molecular weight is 380 g/mol. The molecule has 1 aliphatic heterocycles. The largest absolute Gasteiger partial charge is 0.391 e. The predicted molar refractivity (Wildman–Crippen MR) is 101 cm³/mol. The average Bonchev–Trinajstić information content (AvgIpc) is 3.25. The lowest BCUT2D eigenvalue weighted by molar-refractivity contribution is 0.0460. The lowest BCUT2D eigenvalue weighted by Crippen LogP contribution is -2.49. The highest BCUT2D eigenvalue weighted by Gasteiger charge is 2.39. The third-order valence-corrected chi connectivity index (χ3v) is 6.01. The van der Waals surface area contributed by atoms with Crippen LogP contribution in [0.5, 0.6) is 0 Å². The van der Waals surface area contributed by atoms with Gasteiger partial charge in [0, 0.05) is 10.9 Å². The molecule has 2 aromatic rings. The summed E-state index contributed by atoms with van der Waals surface area (Å²) in [6.45, 7) is 1.97. The Morgan fingerprint density at radius 1 is 1.20 bits per heavy atom. The number of carbonyl (C=O) groups is 1. The van der Waals surface area contributed by atoms with E-state index in [1.807, 2.05) is 30.3 Å². The van der Waals surface area contributed by atoms with Crippen molar-refractivity contribution in [3.63, 3.8) is 0 Å². The summed E-state index contributed by atoms with van der Waals surface area (Å²) in [7, 11) is 0. The summed E-state index contributed by atoms with van der Waals surface area (Å²) >= 11 is 1.46. The molecule has 134 valence electrons. The molecule has 1 saturated heterocycles. The Bertz CT molecular complexity index is 724. The topological polar surface area (TPSA) is 74.2 Å². The minimum Gasteiger partial charge on any atom is -0.391 e. The van der Waals surface area contributed by atoms with E-state index in [1.54, 1.807) is 5.38 Å². The SMILES string of the molecule is Cl.O=C(N[C@H]1C[C@H]2CNC[C@H]2C[C@@H]1O)c1csc(-c2ccccc2)n1. The van der Waals surface area contributed by atoms with E-state index in [0.29, 0.717) is 17.5 Å². The van der Waals surface area contributed by atoms with Gasteiger partial charge in [0.05, 0.1) is 12.1 Å². The Morgan fingerprint density at radius 3 is 2.68 bits per heavy atom. The number of rotatable bonds is 3. The van der Waals surface area contributed by atoms with Gasteiger partial charge in [-0.2, -0.15) is 0 Å². The monoisotopic (exact) mass is 379 g/mol. The van der Waals surface area contributed by atoms with Gasteiger partial charge >= 0.3 is 0 Å².